The van der Waals surface area contributed by atoms with Crippen LogP contribution in [-0.4, -0.2) is 47.5 Å². The molecule has 4 heteroatoms. The van der Waals surface area contributed by atoms with Crippen molar-refractivity contribution in [3.63, 3.8) is 0 Å². The van der Waals surface area contributed by atoms with Gasteiger partial charge >= 0.3 is 0 Å². The number of hydrogen-bond donors (Lipinski definition) is 0. The lowest BCUT2D eigenvalue weighted by atomic mass is 10.3. The number of aromatic nitrogens is 2. The summed E-state index contributed by atoms with van der Waals surface area (Å²) in [5.41, 5.74) is 0. The normalized spacial score (nSPS) is 24.8. The zero-order valence-electron chi connectivity index (χ0n) is 7.89. The first kappa shape index (κ1) is 8.72. The van der Waals surface area contributed by atoms with Gasteiger partial charge in [0.1, 0.15) is 0 Å². The van der Waals surface area contributed by atoms with Gasteiger partial charge in [0.25, 0.3) is 0 Å². The molecule has 1 fully saturated rings. The van der Waals surface area contributed by atoms with E-state index in [2.05, 4.69) is 17.0 Å². The second-order valence-electron chi connectivity index (χ2n) is 3.48. The van der Waals surface area contributed by atoms with Crippen LogP contribution in [0.25, 0.3) is 0 Å². The Balaban J connectivity index is 1.87. The highest BCUT2D eigenvalue weighted by atomic mass is 16.5. The molecule has 1 saturated heterocycles. The third-order valence-corrected chi connectivity index (χ3v) is 2.29. The maximum absolute atomic E-state index is 5.62. The Labute approximate surface area is 78.1 Å². The zero-order valence-corrected chi connectivity index (χ0v) is 7.89. The molecule has 0 saturated carbocycles. The molecular formula is C9H15N3O. The van der Waals surface area contributed by atoms with Crippen molar-refractivity contribution in [1.29, 1.82) is 0 Å². The fraction of sp³-hybridized carbons (Fsp3) is 0.667. The van der Waals surface area contributed by atoms with Crippen LogP contribution in [0.3, 0.4) is 0 Å². The van der Waals surface area contributed by atoms with Crippen LogP contribution in [0.4, 0.5) is 0 Å². The van der Waals surface area contributed by atoms with Crippen LogP contribution in [0.5, 0.6) is 0 Å². The lowest BCUT2D eigenvalue weighted by Crippen LogP contribution is -2.42. The SMILES string of the molecule is CN1CCOC(Cn2cccn2)C1. The Hall–Kier alpha value is -0.870. The molecule has 1 atom stereocenters. The van der Waals surface area contributed by atoms with Crippen molar-refractivity contribution in [2.45, 2.75) is 12.6 Å². The third-order valence-electron chi connectivity index (χ3n) is 2.29. The van der Waals surface area contributed by atoms with Crippen LogP contribution >= 0.6 is 0 Å². The van der Waals surface area contributed by atoms with Crippen molar-refractivity contribution in [3.05, 3.63) is 18.5 Å². The molecule has 0 bridgehead atoms. The molecule has 0 N–H and O–H groups in total. The number of ether oxygens (including phenoxy) is 1. The Morgan fingerprint density at radius 1 is 1.62 bits per heavy atom. The van der Waals surface area contributed by atoms with Crippen LogP contribution in [0.2, 0.25) is 0 Å². The Bertz CT molecular complexity index is 247. The molecule has 2 rings (SSSR count). The van der Waals surface area contributed by atoms with Gasteiger partial charge in [0.2, 0.25) is 0 Å². The van der Waals surface area contributed by atoms with E-state index in [1.807, 2.05) is 16.9 Å². The van der Waals surface area contributed by atoms with Crippen molar-refractivity contribution in [2.75, 3.05) is 26.7 Å². The molecule has 1 unspecified atom stereocenters. The summed E-state index contributed by atoms with van der Waals surface area (Å²) >= 11 is 0. The fourth-order valence-corrected chi connectivity index (χ4v) is 1.59. The van der Waals surface area contributed by atoms with Gasteiger partial charge < -0.3 is 9.64 Å². The topological polar surface area (TPSA) is 30.3 Å². The van der Waals surface area contributed by atoms with Crippen molar-refractivity contribution >= 4 is 0 Å². The van der Waals surface area contributed by atoms with E-state index >= 15 is 0 Å². The fourth-order valence-electron chi connectivity index (χ4n) is 1.59. The first-order valence-electron chi connectivity index (χ1n) is 4.62. The van der Waals surface area contributed by atoms with E-state index in [0.717, 1.165) is 26.2 Å². The van der Waals surface area contributed by atoms with Gasteiger partial charge in [0.05, 0.1) is 19.3 Å². The molecule has 0 amide bonds. The monoisotopic (exact) mass is 181 g/mol. The van der Waals surface area contributed by atoms with E-state index in [9.17, 15) is 0 Å². The highest BCUT2D eigenvalue weighted by Crippen LogP contribution is 2.04. The van der Waals surface area contributed by atoms with Gasteiger partial charge in [-0.05, 0) is 13.1 Å². The molecule has 72 valence electrons. The predicted molar refractivity (Wildman–Crippen MR) is 49.5 cm³/mol. The van der Waals surface area contributed by atoms with Crippen LogP contribution in [0.1, 0.15) is 0 Å². The molecular weight excluding hydrogens is 166 g/mol. The minimum absolute atomic E-state index is 0.290. The Morgan fingerprint density at radius 3 is 3.23 bits per heavy atom. The summed E-state index contributed by atoms with van der Waals surface area (Å²) in [6, 6.07) is 1.94. The zero-order chi connectivity index (χ0) is 9.10. The molecule has 0 aromatic carbocycles. The maximum atomic E-state index is 5.62. The molecule has 2 heterocycles. The van der Waals surface area contributed by atoms with Crippen molar-refractivity contribution in [3.8, 4) is 0 Å². The molecule has 0 aliphatic carbocycles. The lowest BCUT2D eigenvalue weighted by Gasteiger charge is -2.29. The number of hydrogen-bond acceptors (Lipinski definition) is 3. The summed E-state index contributed by atoms with van der Waals surface area (Å²) in [7, 11) is 2.12. The number of nitrogens with zero attached hydrogens (tertiary/aromatic N) is 3. The van der Waals surface area contributed by atoms with Crippen LogP contribution < -0.4 is 0 Å². The van der Waals surface area contributed by atoms with Gasteiger partial charge in [-0.15, -0.1) is 0 Å². The van der Waals surface area contributed by atoms with Crippen molar-refractivity contribution in [1.82, 2.24) is 14.7 Å². The molecule has 1 aromatic heterocycles. The highest BCUT2D eigenvalue weighted by Gasteiger charge is 2.17. The molecule has 4 nitrogen and oxygen atoms in total. The number of likely N-dealkylation sites (N-methyl/N-ethyl adjacent to an activating group) is 1. The summed E-state index contributed by atoms with van der Waals surface area (Å²) in [5, 5.41) is 4.15. The van der Waals surface area contributed by atoms with Gasteiger partial charge in [0.15, 0.2) is 0 Å². The van der Waals surface area contributed by atoms with Crippen LogP contribution in [-0.2, 0) is 11.3 Å². The second kappa shape index (κ2) is 3.89. The molecule has 1 aliphatic rings. The minimum Gasteiger partial charge on any atom is -0.374 e. The molecule has 1 aliphatic heterocycles. The summed E-state index contributed by atoms with van der Waals surface area (Å²) < 4.78 is 7.54. The molecule has 0 radical (unpaired) electrons. The summed E-state index contributed by atoms with van der Waals surface area (Å²) in [4.78, 5) is 2.29. The van der Waals surface area contributed by atoms with Gasteiger partial charge in [0, 0.05) is 25.5 Å². The number of rotatable bonds is 2. The minimum atomic E-state index is 0.290. The summed E-state index contributed by atoms with van der Waals surface area (Å²) in [5.74, 6) is 0. The van der Waals surface area contributed by atoms with Gasteiger partial charge in [-0.25, -0.2) is 0 Å². The Kier molecular flexibility index (Phi) is 2.61. The van der Waals surface area contributed by atoms with E-state index < -0.39 is 0 Å². The predicted octanol–water partition coefficient (Wildman–Crippen LogP) is 0.214. The van der Waals surface area contributed by atoms with E-state index in [1.54, 1.807) is 6.20 Å². The first-order chi connectivity index (χ1) is 6.34. The Morgan fingerprint density at radius 2 is 2.54 bits per heavy atom. The van der Waals surface area contributed by atoms with Crippen LogP contribution in [0.15, 0.2) is 18.5 Å². The molecule has 13 heavy (non-hydrogen) atoms. The molecule has 0 spiro atoms. The standard InChI is InChI=1S/C9H15N3O/c1-11-5-6-13-9(7-11)8-12-4-2-3-10-12/h2-4,9H,5-8H2,1H3. The smallest absolute Gasteiger partial charge is 0.0897 e. The first-order valence-corrected chi connectivity index (χ1v) is 4.62. The highest BCUT2D eigenvalue weighted by molar-refractivity contribution is 4.79. The quantitative estimate of drug-likeness (QED) is 0.653. The maximum Gasteiger partial charge on any atom is 0.0897 e. The van der Waals surface area contributed by atoms with E-state index in [4.69, 9.17) is 4.74 Å². The van der Waals surface area contributed by atoms with Gasteiger partial charge in [-0.1, -0.05) is 0 Å². The largest absolute Gasteiger partial charge is 0.374 e. The average Bonchev–Trinajstić information content (AvgIpc) is 2.57. The summed E-state index contributed by atoms with van der Waals surface area (Å²) in [6.45, 7) is 3.73. The molecule has 1 aromatic rings. The van der Waals surface area contributed by atoms with Gasteiger partial charge in [-0.3, -0.25) is 4.68 Å². The second-order valence-corrected chi connectivity index (χ2v) is 3.48. The van der Waals surface area contributed by atoms with E-state index in [-0.39, 0.29) is 0 Å². The van der Waals surface area contributed by atoms with Gasteiger partial charge in [-0.2, -0.15) is 5.10 Å². The lowest BCUT2D eigenvalue weighted by molar-refractivity contribution is -0.0290. The summed E-state index contributed by atoms with van der Waals surface area (Å²) in [6.07, 6.45) is 4.06. The van der Waals surface area contributed by atoms with E-state index in [1.165, 1.54) is 0 Å². The number of morpholine rings is 1. The van der Waals surface area contributed by atoms with E-state index in [0.29, 0.717) is 6.10 Å². The van der Waals surface area contributed by atoms with Crippen molar-refractivity contribution < 1.29 is 4.74 Å². The average molecular weight is 181 g/mol. The van der Waals surface area contributed by atoms with Crippen LogP contribution in [0, 0.1) is 0 Å². The van der Waals surface area contributed by atoms with Crippen molar-refractivity contribution in [2.24, 2.45) is 0 Å². The third kappa shape index (κ3) is 2.29.